The predicted molar refractivity (Wildman–Crippen MR) is 75.8 cm³/mol. The standard InChI is InChI=1S/C15H17N3O2/c1-11-3-2-4-12(7-11)15(19)17-13-8-16-18(9-13)14-5-6-20-10-14/h2-4,7-9,14H,5-6,10H2,1H3,(H,17,19). The minimum Gasteiger partial charge on any atom is -0.379 e. The van der Waals surface area contributed by atoms with Gasteiger partial charge in [-0.05, 0) is 25.5 Å². The topological polar surface area (TPSA) is 56.2 Å². The summed E-state index contributed by atoms with van der Waals surface area (Å²) >= 11 is 0. The van der Waals surface area contributed by atoms with Crippen molar-refractivity contribution in [1.29, 1.82) is 0 Å². The third-order valence-electron chi connectivity index (χ3n) is 3.42. The Bertz CT molecular complexity index is 615. The van der Waals surface area contributed by atoms with E-state index in [4.69, 9.17) is 4.74 Å². The van der Waals surface area contributed by atoms with Crippen molar-refractivity contribution in [2.24, 2.45) is 0 Å². The molecule has 1 aliphatic heterocycles. The Morgan fingerprint density at radius 2 is 2.40 bits per heavy atom. The van der Waals surface area contributed by atoms with Gasteiger partial charge in [-0.25, -0.2) is 0 Å². The Morgan fingerprint density at radius 3 is 3.15 bits per heavy atom. The van der Waals surface area contributed by atoms with Crippen LogP contribution >= 0.6 is 0 Å². The summed E-state index contributed by atoms with van der Waals surface area (Å²) in [6.07, 6.45) is 4.49. The minimum absolute atomic E-state index is 0.115. The summed E-state index contributed by atoms with van der Waals surface area (Å²) in [6.45, 7) is 3.43. The van der Waals surface area contributed by atoms with Gasteiger partial charge in [-0.2, -0.15) is 5.10 Å². The second kappa shape index (κ2) is 5.46. The zero-order valence-electron chi connectivity index (χ0n) is 11.4. The number of amides is 1. The van der Waals surface area contributed by atoms with Crippen LogP contribution < -0.4 is 5.32 Å². The summed E-state index contributed by atoms with van der Waals surface area (Å²) in [5, 5.41) is 7.15. The average molecular weight is 271 g/mol. The van der Waals surface area contributed by atoms with E-state index in [1.54, 1.807) is 12.3 Å². The van der Waals surface area contributed by atoms with Gasteiger partial charge in [0.05, 0.1) is 24.5 Å². The maximum Gasteiger partial charge on any atom is 0.255 e. The summed E-state index contributed by atoms with van der Waals surface area (Å²) in [6, 6.07) is 7.79. The molecule has 0 radical (unpaired) electrons. The van der Waals surface area contributed by atoms with Crippen LogP contribution in [0.2, 0.25) is 0 Å². The fourth-order valence-electron chi connectivity index (χ4n) is 2.32. The van der Waals surface area contributed by atoms with E-state index < -0.39 is 0 Å². The number of hydrogen-bond donors (Lipinski definition) is 1. The zero-order valence-corrected chi connectivity index (χ0v) is 11.4. The van der Waals surface area contributed by atoms with Crippen LogP contribution in [0.3, 0.4) is 0 Å². The van der Waals surface area contributed by atoms with Crippen molar-refractivity contribution in [1.82, 2.24) is 9.78 Å². The molecule has 1 saturated heterocycles. The van der Waals surface area contributed by atoms with Gasteiger partial charge in [0.2, 0.25) is 0 Å². The third kappa shape index (κ3) is 2.72. The highest BCUT2D eigenvalue weighted by Gasteiger charge is 2.18. The van der Waals surface area contributed by atoms with Crippen molar-refractivity contribution < 1.29 is 9.53 Å². The number of aromatic nitrogens is 2. The lowest BCUT2D eigenvalue weighted by atomic mass is 10.1. The number of anilines is 1. The Morgan fingerprint density at radius 1 is 1.50 bits per heavy atom. The van der Waals surface area contributed by atoms with Crippen LogP contribution in [-0.2, 0) is 4.74 Å². The molecular weight excluding hydrogens is 254 g/mol. The lowest BCUT2D eigenvalue weighted by Gasteiger charge is -2.07. The van der Waals surface area contributed by atoms with E-state index in [0.29, 0.717) is 17.9 Å². The first kappa shape index (κ1) is 12.9. The molecule has 0 bridgehead atoms. The molecule has 0 spiro atoms. The molecule has 20 heavy (non-hydrogen) atoms. The first-order chi connectivity index (χ1) is 9.72. The highest BCUT2D eigenvalue weighted by atomic mass is 16.5. The maximum absolute atomic E-state index is 12.1. The molecular formula is C15H17N3O2. The number of ether oxygens (including phenoxy) is 1. The van der Waals surface area contributed by atoms with Crippen LogP contribution in [0.5, 0.6) is 0 Å². The average Bonchev–Trinajstić information content (AvgIpc) is 3.08. The van der Waals surface area contributed by atoms with E-state index in [2.05, 4.69) is 10.4 Å². The van der Waals surface area contributed by atoms with E-state index >= 15 is 0 Å². The molecule has 1 aliphatic rings. The smallest absolute Gasteiger partial charge is 0.255 e. The van der Waals surface area contributed by atoms with Crippen molar-refractivity contribution in [2.75, 3.05) is 18.5 Å². The van der Waals surface area contributed by atoms with Gasteiger partial charge in [-0.3, -0.25) is 9.48 Å². The molecule has 104 valence electrons. The normalized spacial score (nSPS) is 18.1. The number of benzene rings is 1. The number of rotatable bonds is 3. The van der Waals surface area contributed by atoms with Crippen molar-refractivity contribution in [3.05, 3.63) is 47.8 Å². The number of nitrogens with one attached hydrogen (secondary N) is 1. The third-order valence-corrected chi connectivity index (χ3v) is 3.42. The fraction of sp³-hybridized carbons (Fsp3) is 0.333. The summed E-state index contributed by atoms with van der Waals surface area (Å²) in [7, 11) is 0. The number of hydrogen-bond acceptors (Lipinski definition) is 3. The van der Waals surface area contributed by atoms with E-state index in [-0.39, 0.29) is 11.9 Å². The fourth-order valence-corrected chi connectivity index (χ4v) is 2.32. The highest BCUT2D eigenvalue weighted by Crippen LogP contribution is 2.20. The number of carbonyl (C=O) groups excluding carboxylic acids is 1. The lowest BCUT2D eigenvalue weighted by Crippen LogP contribution is -2.12. The van der Waals surface area contributed by atoms with Crippen molar-refractivity contribution in [2.45, 2.75) is 19.4 Å². The van der Waals surface area contributed by atoms with Crippen LogP contribution in [0.25, 0.3) is 0 Å². The van der Waals surface area contributed by atoms with E-state index in [1.807, 2.05) is 36.0 Å². The Kier molecular flexibility index (Phi) is 3.52. The van der Waals surface area contributed by atoms with Crippen LogP contribution in [0, 0.1) is 6.92 Å². The maximum atomic E-state index is 12.1. The number of carbonyl (C=O) groups is 1. The van der Waals surface area contributed by atoms with Crippen LogP contribution in [-0.4, -0.2) is 28.9 Å². The molecule has 2 aromatic rings. The predicted octanol–water partition coefficient (Wildman–Crippen LogP) is 2.41. The molecule has 0 saturated carbocycles. The Hall–Kier alpha value is -2.14. The monoisotopic (exact) mass is 271 g/mol. The van der Waals surface area contributed by atoms with E-state index in [9.17, 15) is 4.79 Å². The van der Waals surface area contributed by atoms with Gasteiger partial charge >= 0.3 is 0 Å². The largest absolute Gasteiger partial charge is 0.379 e. The molecule has 5 heteroatoms. The van der Waals surface area contributed by atoms with E-state index in [1.165, 1.54) is 0 Å². The Balaban J connectivity index is 1.70. The molecule has 2 heterocycles. The molecule has 3 rings (SSSR count). The first-order valence-corrected chi connectivity index (χ1v) is 6.72. The van der Waals surface area contributed by atoms with Gasteiger partial charge in [0.15, 0.2) is 0 Å². The molecule has 1 unspecified atom stereocenters. The molecule has 1 aromatic heterocycles. The van der Waals surface area contributed by atoms with Crippen LogP contribution in [0.15, 0.2) is 36.7 Å². The Labute approximate surface area is 117 Å². The van der Waals surface area contributed by atoms with Gasteiger partial charge in [-0.1, -0.05) is 17.7 Å². The lowest BCUT2D eigenvalue weighted by molar-refractivity contribution is 0.102. The van der Waals surface area contributed by atoms with E-state index in [0.717, 1.165) is 18.6 Å². The van der Waals surface area contributed by atoms with Crippen molar-refractivity contribution in [3.8, 4) is 0 Å². The molecule has 1 aromatic carbocycles. The highest BCUT2D eigenvalue weighted by molar-refractivity contribution is 6.04. The van der Waals surface area contributed by atoms with Gasteiger partial charge in [0.1, 0.15) is 0 Å². The SMILES string of the molecule is Cc1cccc(C(=O)Nc2cnn(C3CCOC3)c2)c1. The minimum atomic E-state index is -0.115. The second-order valence-electron chi connectivity index (χ2n) is 5.05. The van der Waals surface area contributed by atoms with Crippen molar-refractivity contribution >= 4 is 11.6 Å². The van der Waals surface area contributed by atoms with Gasteiger partial charge < -0.3 is 10.1 Å². The molecule has 5 nitrogen and oxygen atoms in total. The summed E-state index contributed by atoms with van der Waals surface area (Å²) in [4.78, 5) is 12.1. The van der Waals surface area contributed by atoms with Gasteiger partial charge in [0, 0.05) is 18.4 Å². The molecule has 1 amide bonds. The quantitative estimate of drug-likeness (QED) is 0.932. The second-order valence-corrected chi connectivity index (χ2v) is 5.05. The van der Waals surface area contributed by atoms with Gasteiger partial charge in [-0.15, -0.1) is 0 Å². The summed E-state index contributed by atoms with van der Waals surface area (Å²) in [5.74, 6) is -0.115. The summed E-state index contributed by atoms with van der Waals surface area (Å²) in [5.41, 5.74) is 2.43. The molecule has 1 atom stereocenters. The summed E-state index contributed by atoms with van der Waals surface area (Å²) < 4.78 is 7.20. The first-order valence-electron chi connectivity index (χ1n) is 6.72. The zero-order chi connectivity index (χ0) is 13.9. The van der Waals surface area contributed by atoms with Gasteiger partial charge in [0.25, 0.3) is 5.91 Å². The number of nitrogens with zero attached hydrogens (tertiary/aromatic N) is 2. The van der Waals surface area contributed by atoms with Crippen LogP contribution in [0.1, 0.15) is 28.4 Å². The van der Waals surface area contributed by atoms with Crippen LogP contribution in [0.4, 0.5) is 5.69 Å². The molecule has 0 aliphatic carbocycles. The van der Waals surface area contributed by atoms with Crippen molar-refractivity contribution in [3.63, 3.8) is 0 Å². The molecule has 1 fully saturated rings. The molecule has 1 N–H and O–H groups in total. The number of aryl methyl sites for hydroxylation is 1.